The second-order valence-corrected chi connectivity index (χ2v) is 66.8. The lowest BCUT2D eigenvalue weighted by atomic mass is 9.75. The van der Waals surface area contributed by atoms with Gasteiger partial charge >= 0.3 is 0 Å². The second kappa shape index (κ2) is 57.8. The highest BCUT2D eigenvalue weighted by molar-refractivity contribution is 9.10. The van der Waals surface area contributed by atoms with Gasteiger partial charge in [-0.25, -0.2) is 4.98 Å². The van der Waals surface area contributed by atoms with Crippen LogP contribution in [0.25, 0.3) is 5.57 Å². The van der Waals surface area contributed by atoms with E-state index in [-0.39, 0.29) is 19.8 Å². The van der Waals surface area contributed by atoms with Crippen molar-refractivity contribution in [1.29, 1.82) is 0 Å². The molecule has 5 aromatic carbocycles. The number of aromatic nitrogens is 5. The van der Waals surface area contributed by atoms with Crippen molar-refractivity contribution >= 4 is 263 Å². The Labute approximate surface area is 750 Å². The van der Waals surface area contributed by atoms with Crippen LogP contribution in [0, 0.1) is 0 Å². The van der Waals surface area contributed by atoms with Crippen LogP contribution in [0.1, 0.15) is 154 Å². The van der Waals surface area contributed by atoms with Gasteiger partial charge in [0.05, 0.1) is 0 Å². The number of hydrogen-bond donors (Lipinski definition) is 2. The van der Waals surface area contributed by atoms with Gasteiger partial charge < -0.3 is 22.6 Å². The molecule has 3 unspecified atom stereocenters. The number of benzene rings is 5. The van der Waals surface area contributed by atoms with E-state index in [0.717, 1.165) is 103 Å². The fraction of sp³-hybridized carbons (Fsp3) is 0.237. The fourth-order valence-corrected chi connectivity index (χ4v) is 73.3. The van der Waals surface area contributed by atoms with E-state index in [0.29, 0.717) is 11.7 Å². The first kappa shape index (κ1) is 96.8. The lowest BCUT2D eigenvalue weighted by Crippen LogP contribution is -3.00. The molecule has 5 heterocycles. The van der Waals surface area contributed by atoms with Crippen LogP contribution in [0.3, 0.4) is 0 Å². The van der Waals surface area contributed by atoms with E-state index in [2.05, 4.69) is 132 Å². The molecule has 3 atom stereocenters. The van der Waals surface area contributed by atoms with E-state index in [4.69, 9.17) is 22.4 Å². The van der Waals surface area contributed by atoms with Crippen molar-refractivity contribution in [2.75, 3.05) is 0 Å². The topological polar surface area (TPSA) is 123 Å². The Morgan fingerprint density at radius 2 is 0.759 bits per heavy atom. The summed E-state index contributed by atoms with van der Waals surface area (Å²) in [4.78, 5) is 30.4. The van der Waals surface area contributed by atoms with Crippen LogP contribution in [0.5, 0.6) is 0 Å². The number of carbonyl (C=O) groups excluding carboxylic acids is 1. The van der Waals surface area contributed by atoms with Crippen LogP contribution >= 0.6 is 15.9 Å². The first-order chi connectivity index (χ1) is 54.2. The lowest BCUT2D eigenvalue weighted by molar-refractivity contribution is -0.378. The number of halogens is 2. The number of aromatic amines is 1. The number of Topliss-reactive ketones (excluding diaryl/α,β-unsaturated/α-hetero) is 1. The van der Waals surface area contributed by atoms with E-state index in [1.54, 1.807) is 149 Å². The summed E-state index contributed by atoms with van der Waals surface area (Å²) in [5.74, 6) is 0.889. The Morgan fingerprint density at radius 1 is 0.393 bits per heavy atom. The number of nitrogens with zero attached hydrogens (tertiary/aromatic N) is 4. The summed E-state index contributed by atoms with van der Waals surface area (Å²) in [6.45, 7) is 0. The molecule has 0 spiro atoms. The number of hydrogen-bond acceptors (Lipinski definition) is 9. The molecule has 8 nitrogen and oxygen atoms in total. The van der Waals surface area contributed by atoms with E-state index >= 15 is 0 Å². The van der Waals surface area contributed by atoms with Crippen LogP contribution in [-0.2, 0) is 279 Å². The van der Waals surface area contributed by atoms with E-state index < -0.39 is 11.2 Å². The predicted molar refractivity (Wildman–Crippen MR) is 537 cm³/mol. The molecule has 5 aromatic heterocycles. The zero-order valence-electron chi connectivity index (χ0n) is 58.6. The van der Waals surface area contributed by atoms with Crippen LogP contribution in [-0.4, -0.2) is 35.9 Å². The average Bonchev–Trinajstić information content (AvgIpc) is 0.774. The molecule has 36 heteroatoms. The number of aliphatic hydroxyl groups is 2. The van der Waals surface area contributed by atoms with Crippen molar-refractivity contribution in [3.05, 3.63) is 332 Å². The maximum atomic E-state index is 11.3. The number of rotatable bonds is 4. The highest BCUT2D eigenvalue weighted by Crippen LogP contribution is 2.42. The van der Waals surface area contributed by atoms with Gasteiger partial charge in [0.2, 0.25) is 0 Å². The summed E-state index contributed by atoms with van der Waals surface area (Å²) in [5.41, 5.74) is 16.9. The third-order valence-corrected chi connectivity index (χ3v) is 68.9. The molecule has 0 radical (unpaired) electrons. The number of pyridine rings is 5. The number of ketones is 1. The van der Waals surface area contributed by atoms with Crippen LogP contribution < -0.4 is 17.4 Å². The highest BCUT2D eigenvalue weighted by atomic mass is 79.9. The minimum absolute atomic E-state index is 0. The first-order valence-electron chi connectivity index (χ1n) is 33.8. The third kappa shape index (κ3) is 33.3. The molecule has 0 saturated carbocycles. The van der Waals surface area contributed by atoms with Crippen LogP contribution in [0.4, 0.5) is 0 Å². The van der Waals surface area contributed by atoms with Gasteiger partial charge in [0, 0.05) is 320 Å². The number of H-pyrrole nitrogens is 1. The van der Waals surface area contributed by atoms with Gasteiger partial charge in [-0.1, -0.05) is 151 Å². The van der Waals surface area contributed by atoms with E-state index in [1.807, 2.05) is 205 Å². The molecule has 112 heavy (non-hydrogen) atoms. The molecule has 5 aliphatic rings. The monoisotopic (exact) mass is 2050 g/mol. The van der Waals surface area contributed by atoms with Gasteiger partial charge in [0.25, 0.3) is 0 Å². The van der Waals surface area contributed by atoms with E-state index in [1.165, 1.54) is 92.7 Å². The summed E-state index contributed by atoms with van der Waals surface area (Å²) in [7, 11) is 41.8. The molecule has 0 amide bonds. The molecular formula is C76H77BrClN5O3S26. The Morgan fingerprint density at radius 3 is 1.20 bits per heavy atom. The number of fused-ring (bicyclic) bond motifs is 5. The Bertz CT molecular complexity index is 5750. The second-order valence-electron chi connectivity index (χ2n) is 23.5. The maximum absolute atomic E-state index is 11.3. The van der Waals surface area contributed by atoms with Crippen molar-refractivity contribution in [2.24, 2.45) is 0 Å². The van der Waals surface area contributed by atoms with Crippen molar-refractivity contribution in [3.63, 3.8) is 0 Å². The molecule has 15 rings (SSSR count). The molecule has 0 aliphatic heterocycles. The number of allylic oxidation sites excluding steroid dienone is 1. The molecule has 3 N–H and O–H groups in total. The van der Waals surface area contributed by atoms with Crippen LogP contribution in [0.15, 0.2) is 255 Å². The lowest BCUT2D eigenvalue weighted by Gasteiger charge is -2.34. The first-order valence-corrected chi connectivity index (χ1v) is 67.9. The largest absolute Gasteiger partial charge is 1.00 e. The van der Waals surface area contributed by atoms with Gasteiger partial charge in [0.15, 0.2) is 18.2 Å². The standard InChI is InChI=1S/2C15H15NO.C15H15N.C15H13N.C10H10O.C5H4BrN.CH4.ClH.S26/c2*17-15(13-7-10-16-11-8-13)9-3-5-12-4-1-2-6-14(12)15;2*1-2-6-14-12(4-1)5-3-7-15(14)13-8-10-16-11-9-13;11-10-7-3-5-8-4-1-2-6-9(8)10;6-5-1-3-7-4-2-5;;;1-3-5-7-9-11-13-15-17-19-21-23-25-26-24-22-20-18-16-14-12-10-8-6-4-2/h2*1-2,4,6-8,10-11,17H,3,5,9H2;1-2,4,6,8-11,15H,3,5,7H2;1-2,4,6-11H,3,5H2;1-2,4,6H,3,5,7H2;1-4H;1H4;1H;. The van der Waals surface area contributed by atoms with Crippen molar-refractivity contribution in [3.8, 4) is 0 Å². The van der Waals surface area contributed by atoms with Crippen molar-refractivity contribution in [2.45, 2.75) is 114 Å². The minimum atomic E-state index is -0.836. The van der Waals surface area contributed by atoms with Gasteiger partial charge in [-0.2, -0.15) is 0 Å². The number of nitrogens with one attached hydrogen (secondary N) is 1. The minimum Gasteiger partial charge on any atom is -1.00 e. The molecule has 594 valence electrons. The number of carbonyl (C=O) groups is 1. The van der Waals surface area contributed by atoms with Crippen LogP contribution in [0.2, 0.25) is 0 Å². The normalized spacial score (nSPS) is 15.7. The van der Waals surface area contributed by atoms with Gasteiger partial charge in [-0.15, -0.1) is 0 Å². The molecule has 5 aliphatic carbocycles. The zero-order chi connectivity index (χ0) is 76.8. The summed E-state index contributed by atoms with van der Waals surface area (Å²) < 4.78 is 1.10. The average molecular weight is 2060 g/mol. The van der Waals surface area contributed by atoms with Crippen molar-refractivity contribution in [1.82, 2.24) is 19.9 Å². The summed E-state index contributed by atoms with van der Waals surface area (Å²) in [6, 6.07) is 61.7. The van der Waals surface area contributed by atoms with Gasteiger partial charge in [-0.05, 0) is 210 Å². The SMILES string of the molecule is Brc1cc[nH+]cc1.C.C1=C(c2ccncc2)c2ccccc2CC1.O=C1CCCc2ccccc21.OC1(c2ccncc2)CCCc2ccccc21.OC1(c2ccncc2)CCCc2ccccc21.S=S=S=S=S=S=S=S=S=S=S=S=S=S=S=S=S=S=S=S=S=S=S=S=S=S.[Cl-].c1ccc2c(c1)CCCC2c1ccncc1. The summed E-state index contributed by atoms with van der Waals surface area (Å²) in [5, 5.41) is 21.9. The Hall–Kier alpha value is -2.33. The highest BCUT2D eigenvalue weighted by Gasteiger charge is 2.37. The summed E-state index contributed by atoms with van der Waals surface area (Å²) in [6.07, 6.45) is 35.2. The Balaban J connectivity index is 0.000000185. The summed E-state index contributed by atoms with van der Waals surface area (Å²) >= 11 is 12.8. The molecular weight excluding hydrogens is 1980 g/mol. The smallest absolute Gasteiger partial charge is 0.168 e. The molecule has 0 fully saturated rings. The van der Waals surface area contributed by atoms with E-state index in [9.17, 15) is 15.0 Å². The van der Waals surface area contributed by atoms with Crippen molar-refractivity contribution < 1.29 is 32.4 Å². The van der Waals surface area contributed by atoms with Gasteiger partial charge in [0.1, 0.15) is 11.2 Å². The molecule has 0 saturated heterocycles. The van der Waals surface area contributed by atoms with Gasteiger partial charge in [-0.3, -0.25) is 24.7 Å². The fourth-order valence-electron chi connectivity index (χ4n) is 12.7. The third-order valence-electron chi connectivity index (χ3n) is 17.2. The quantitative estimate of drug-likeness (QED) is 0.177. The Kier molecular flexibility index (Phi) is 49.9. The molecule has 10 aromatic rings. The zero-order valence-corrected chi connectivity index (χ0v) is 82.2. The number of aryl methyl sites for hydroxylation is 5. The predicted octanol–water partition coefficient (Wildman–Crippen LogP) is 13.4. The maximum Gasteiger partial charge on any atom is 0.168 e. The molecule has 0 bridgehead atoms.